The van der Waals surface area contributed by atoms with E-state index in [9.17, 15) is 4.79 Å². The van der Waals surface area contributed by atoms with Gasteiger partial charge in [0.25, 0.3) is 0 Å². The van der Waals surface area contributed by atoms with Gasteiger partial charge < -0.3 is 52.1 Å². The molecule has 0 aromatic heterocycles. The molecule has 0 aliphatic carbocycles. The Morgan fingerprint density at radius 2 is 0.592 bits per heavy atom. The van der Waals surface area contributed by atoms with Crippen molar-refractivity contribution in [2.24, 2.45) is 0 Å². The van der Waals surface area contributed by atoms with Crippen LogP contribution in [-0.2, 0) is 56.9 Å². The van der Waals surface area contributed by atoms with Crippen molar-refractivity contribution in [3.8, 4) is 0 Å². The fourth-order valence-electron chi connectivity index (χ4n) is 4.32. The largest absolute Gasteiger partial charge is 0.460 e. The average molecular weight is 711 g/mol. The summed E-state index contributed by atoms with van der Waals surface area (Å²) in [5, 5.41) is 0. The first-order valence-electron chi connectivity index (χ1n) is 18.9. The molecule has 12 heteroatoms. The smallest absolute Gasteiger partial charge is 0.308 e. The molecule has 0 aromatic carbocycles. The molecular formula is C37H74O12. The molecule has 0 amide bonds. The molecule has 0 rings (SSSR count). The van der Waals surface area contributed by atoms with Gasteiger partial charge in [0.2, 0.25) is 0 Å². The highest BCUT2D eigenvalue weighted by molar-refractivity contribution is 5.69. The molecule has 0 heterocycles. The van der Waals surface area contributed by atoms with Crippen LogP contribution in [0.25, 0.3) is 0 Å². The maximum absolute atomic E-state index is 11.6. The van der Waals surface area contributed by atoms with Gasteiger partial charge in [-0.05, 0) is 27.2 Å². The summed E-state index contributed by atoms with van der Waals surface area (Å²) >= 11 is 0. The predicted molar refractivity (Wildman–Crippen MR) is 190 cm³/mol. The first-order chi connectivity index (χ1) is 24.0. The molecule has 0 aliphatic rings. The molecule has 0 atom stereocenters. The molecule has 0 unspecified atom stereocenters. The Kier molecular flexibility index (Phi) is 39.1. The van der Waals surface area contributed by atoms with Gasteiger partial charge in [0.15, 0.2) is 0 Å². The minimum Gasteiger partial charge on any atom is -0.460 e. The average Bonchev–Trinajstić information content (AvgIpc) is 3.06. The quantitative estimate of drug-likeness (QED) is 0.0563. The SMILES string of the molecule is CCCCCCCCCCCCOCCOCCOCCOCCOCCOCCOCCOCCOCCOCCC(=O)OC(C)(C)C. The summed E-state index contributed by atoms with van der Waals surface area (Å²) in [4.78, 5) is 11.6. The molecule has 12 nitrogen and oxygen atoms in total. The predicted octanol–water partition coefficient (Wildman–Crippen LogP) is 5.81. The van der Waals surface area contributed by atoms with Gasteiger partial charge in [0, 0.05) is 6.61 Å². The molecule has 0 saturated heterocycles. The first kappa shape index (κ1) is 48.1. The molecule has 0 radical (unpaired) electrons. The van der Waals surface area contributed by atoms with E-state index in [1.54, 1.807) is 0 Å². The van der Waals surface area contributed by atoms with E-state index in [1.165, 1.54) is 57.8 Å². The van der Waals surface area contributed by atoms with Crippen LogP contribution in [0.4, 0.5) is 0 Å². The van der Waals surface area contributed by atoms with Crippen molar-refractivity contribution in [1.82, 2.24) is 0 Å². The van der Waals surface area contributed by atoms with Crippen molar-refractivity contribution in [1.29, 1.82) is 0 Å². The number of hydrogen-bond donors (Lipinski definition) is 0. The number of hydrogen-bond acceptors (Lipinski definition) is 12. The van der Waals surface area contributed by atoms with Crippen molar-refractivity contribution in [2.75, 3.05) is 132 Å². The Labute approximate surface area is 298 Å². The Morgan fingerprint density at radius 1 is 0.347 bits per heavy atom. The van der Waals surface area contributed by atoms with Crippen LogP contribution in [0, 0.1) is 0 Å². The second-order valence-corrected chi connectivity index (χ2v) is 12.6. The molecule has 0 spiro atoms. The number of carbonyl (C=O) groups excluding carboxylic acids is 1. The molecule has 49 heavy (non-hydrogen) atoms. The van der Waals surface area contributed by atoms with Gasteiger partial charge in [-0.2, -0.15) is 0 Å². The standard InChI is InChI=1S/C37H74O12/c1-5-6-7-8-9-10-11-12-13-14-16-39-18-20-41-22-24-43-26-28-45-30-32-47-34-35-48-33-31-46-29-27-44-25-23-42-21-19-40-17-15-36(38)49-37(2,3)4/h5-35H2,1-4H3. The lowest BCUT2D eigenvalue weighted by atomic mass is 10.1. The van der Waals surface area contributed by atoms with Crippen molar-refractivity contribution in [2.45, 2.75) is 104 Å². The summed E-state index contributed by atoms with van der Waals surface area (Å²) in [5.74, 6) is -0.261. The normalized spacial score (nSPS) is 11.8. The minimum absolute atomic E-state index is 0.236. The van der Waals surface area contributed by atoms with Crippen LogP contribution >= 0.6 is 0 Å². The highest BCUT2D eigenvalue weighted by Gasteiger charge is 2.15. The molecule has 294 valence electrons. The number of esters is 1. The second kappa shape index (κ2) is 39.8. The first-order valence-corrected chi connectivity index (χ1v) is 18.9. The Balaban J connectivity index is 3.09. The van der Waals surface area contributed by atoms with Gasteiger partial charge in [-0.25, -0.2) is 0 Å². The Bertz CT molecular complexity index is 647. The molecule has 0 bridgehead atoms. The zero-order chi connectivity index (χ0) is 35.8. The van der Waals surface area contributed by atoms with Gasteiger partial charge in [-0.1, -0.05) is 64.7 Å². The summed E-state index contributed by atoms with van der Waals surface area (Å²) in [6, 6.07) is 0. The molecule has 0 aromatic rings. The highest BCUT2D eigenvalue weighted by atomic mass is 16.6. The number of ether oxygens (including phenoxy) is 11. The van der Waals surface area contributed by atoms with E-state index in [4.69, 9.17) is 52.1 Å². The van der Waals surface area contributed by atoms with Crippen molar-refractivity contribution in [3.63, 3.8) is 0 Å². The fourth-order valence-corrected chi connectivity index (χ4v) is 4.32. The highest BCUT2D eigenvalue weighted by Crippen LogP contribution is 2.10. The Hall–Kier alpha value is -0.930. The van der Waals surface area contributed by atoms with E-state index >= 15 is 0 Å². The summed E-state index contributed by atoms with van der Waals surface area (Å²) in [6.45, 7) is 18.3. The zero-order valence-corrected chi connectivity index (χ0v) is 31.8. The van der Waals surface area contributed by atoms with Gasteiger partial charge in [-0.3, -0.25) is 4.79 Å². The van der Waals surface area contributed by atoms with Gasteiger partial charge in [0.05, 0.1) is 132 Å². The third-order valence-corrected chi connectivity index (χ3v) is 6.86. The summed E-state index contributed by atoms with van der Waals surface area (Å²) in [6.07, 6.45) is 13.6. The van der Waals surface area contributed by atoms with E-state index in [-0.39, 0.29) is 12.4 Å². The van der Waals surface area contributed by atoms with Crippen LogP contribution in [0.1, 0.15) is 98.3 Å². The van der Waals surface area contributed by atoms with Gasteiger partial charge >= 0.3 is 5.97 Å². The maximum atomic E-state index is 11.6. The third kappa shape index (κ3) is 45.0. The molecular weight excluding hydrogens is 636 g/mol. The number of carbonyl (C=O) groups is 1. The van der Waals surface area contributed by atoms with E-state index in [0.717, 1.165) is 13.0 Å². The maximum Gasteiger partial charge on any atom is 0.308 e. The van der Waals surface area contributed by atoms with Crippen LogP contribution in [0.2, 0.25) is 0 Å². The van der Waals surface area contributed by atoms with Crippen LogP contribution in [0.5, 0.6) is 0 Å². The number of rotatable bonds is 41. The minimum atomic E-state index is -0.470. The summed E-state index contributed by atoms with van der Waals surface area (Å²) in [5.41, 5.74) is -0.470. The lowest BCUT2D eigenvalue weighted by molar-refractivity contribution is -0.156. The van der Waals surface area contributed by atoms with Crippen LogP contribution < -0.4 is 0 Å². The summed E-state index contributed by atoms with van der Waals surface area (Å²) in [7, 11) is 0. The second-order valence-electron chi connectivity index (χ2n) is 12.6. The monoisotopic (exact) mass is 711 g/mol. The van der Waals surface area contributed by atoms with E-state index in [2.05, 4.69) is 6.92 Å². The van der Waals surface area contributed by atoms with Crippen LogP contribution in [-0.4, -0.2) is 144 Å². The molecule has 0 N–H and O–H groups in total. The Morgan fingerprint density at radius 3 is 0.878 bits per heavy atom. The van der Waals surface area contributed by atoms with Gasteiger partial charge in [0.1, 0.15) is 5.60 Å². The van der Waals surface area contributed by atoms with Crippen molar-refractivity contribution < 1.29 is 56.9 Å². The molecule has 0 saturated carbocycles. The van der Waals surface area contributed by atoms with Gasteiger partial charge in [-0.15, -0.1) is 0 Å². The lowest BCUT2D eigenvalue weighted by Crippen LogP contribution is -2.24. The van der Waals surface area contributed by atoms with Crippen molar-refractivity contribution >= 4 is 5.97 Å². The van der Waals surface area contributed by atoms with E-state index in [1.807, 2.05) is 20.8 Å². The number of unbranched alkanes of at least 4 members (excludes halogenated alkanes) is 9. The zero-order valence-electron chi connectivity index (χ0n) is 31.8. The third-order valence-electron chi connectivity index (χ3n) is 6.86. The van der Waals surface area contributed by atoms with E-state index < -0.39 is 5.60 Å². The topological polar surface area (TPSA) is 119 Å². The van der Waals surface area contributed by atoms with Crippen LogP contribution in [0.3, 0.4) is 0 Å². The van der Waals surface area contributed by atoms with E-state index in [0.29, 0.717) is 126 Å². The lowest BCUT2D eigenvalue weighted by Gasteiger charge is -2.19. The molecule has 0 fully saturated rings. The van der Waals surface area contributed by atoms with Crippen LogP contribution in [0.15, 0.2) is 0 Å². The molecule has 0 aliphatic heterocycles. The fraction of sp³-hybridized carbons (Fsp3) is 0.973. The van der Waals surface area contributed by atoms with Crippen molar-refractivity contribution in [3.05, 3.63) is 0 Å². The summed E-state index contributed by atoms with van der Waals surface area (Å²) < 4.78 is 60.2.